The summed E-state index contributed by atoms with van der Waals surface area (Å²) < 4.78 is 0. The smallest absolute Gasteiger partial charge is 0.155 e. The van der Waals surface area contributed by atoms with E-state index in [1.165, 1.54) is 38.5 Å². The van der Waals surface area contributed by atoms with E-state index in [1.807, 2.05) is 0 Å². The number of rotatable bonds is 0. The fraction of sp³-hybridized carbons (Fsp3) is 0.857. The highest BCUT2D eigenvalue weighted by molar-refractivity contribution is 5.92. The van der Waals surface area contributed by atoms with Crippen LogP contribution in [0.1, 0.15) is 71.6 Å². The van der Waals surface area contributed by atoms with Crippen LogP contribution in [0.5, 0.6) is 0 Å². The highest BCUT2D eigenvalue weighted by Gasteiger charge is 2.66. The lowest BCUT2D eigenvalue weighted by molar-refractivity contribution is -0.119. The second-order valence-electron chi connectivity index (χ2n) is 9.94. The second-order valence-corrected chi connectivity index (χ2v) is 9.94. The number of hydrogen-bond acceptors (Lipinski definition) is 2. The third-order valence-electron chi connectivity index (χ3n) is 9.07. The molecule has 0 aromatic rings. The van der Waals surface area contributed by atoms with Crippen LogP contribution in [-0.2, 0) is 4.79 Å². The maximum Gasteiger partial charge on any atom is 0.155 e. The molecule has 0 amide bonds. The third-order valence-corrected chi connectivity index (χ3v) is 9.07. The Bertz CT molecular complexity index is 601. The molecule has 0 aromatic heterocycles. The zero-order chi connectivity index (χ0) is 16.0. The molecule has 5 aliphatic rings. The first kappa shape index (κ1) is 14.7. The summed E-state index contributed by atoms with van der Waals surface area (Å²) in [6.07, 6.45) is 12.4. The number of carbonyl (C=O) groups is 1. The Balaban J connectivity index is 1.59. The lowest BCUT2D eigenvalue weighted by atomic mass is 9.44. The molecule has 0 radical (unpaired) electrons. The van der Waals surface area contributed by atoms with Crippen LogP contribution in [0.2, 0.25) is 0 Å². The monoisotopic (exact) mass is 314 g/mol. The van der Waals surface area contributed by atoms with Crippen molar-refractivity contribution in [1.82, 2.24) is 0 Å². The zero-order valence-electron chi connectivity index (χ0n) is 14.6. The molecule has 5 aliphatic carbocycles. The molecule has 1 N–H and O–H groups in total. The summed E-state index contributed by atoms with van der Waals surface area (Å²) in [5, 5.41) is 10.6. The van der Waals surface area contributed by atoms with Crippen molar-refractivity contribution in [1.29, 1.82) is 0 Å². The van der Waals surface area contributed by atoms with Gasteiger partial charge in [0.15, 0.2) is 5.78 Å². The van der Waals surface area contributed by atoms with Crippen molar-refractivity contribution in [2.24, 2.45) is 34.0 Å². The topological polar surface area (TPSA) is 37.3 Å². The average Bonchev–Trinajstić information content (AvgIpc) is 3.21. The van der Waals surface area contributed by atoms with Gasteiger partial charge in [0, 0.05) is 6.42 Å². The van der Waals surface area contributed by atoms with Crippen molar-refractivity contribution in [2.45, 2.75) is 77.7 Å². The van der Waals surface area contributed by atoms with E-state index in [-0.39, 0.29) is 16.9 Å². The van der Waals surface area contributed by atoms with Crippen LogP contribution in [0.25, 0.3) is 0 Å². The molecule has 126 valence electrons. The first-order valence-corrected chi connectivity index (χ1v) is 9.83. The van der Waals surface area contributed by atoms with Crippen molar-refractivity contribution >= 4 is 5.78 Å². The minimum atomic E-state index is -0.0821. The molecule has 6 atom stereocenters. The molecular weight excluding hydrogens is 284 g/mol. The predicted molar refractivity (Wildman–Crippen MR) is 89.8 cm³/mol. The summed E-state index contributed by atoms with van der Waals surface area (Å²) in [6.45, 7) is 4.85. The minimum absolute atomic E-state index is 0.0821. The standard InChI is InChI=1S/C21H30O2/c1-19-7-5-13(22)11-17(19)21(9-10-21)12-14-15-3-4-18(23)20(15,2)8-6-16(14)19/h11,14-16,18,23H,3-10,12H2,1-2H3/t14-,15-,16-,18?,19+,20-/m0/s1. The van der Waals surface area contributed by atoms with Gasteiger partial charge in [0.05, 0.1) is 6.10 Å². The molecule has 1 unspecified atom stereocenters. The van der Waals surface area contributed by atoms with Crippen LogP contribution in [-0.4, -0.2) is 17.0 Å². The minimum Gasteiger partial charge on any atom is -0.393 e. The molecule has 0 heterocycles. The maximum absolute atomic E-state index is 12.1. The van der Waals surface area contributed by atoms with E-state index in [9.17, 15) is 9.90 Å². The number of fused-ring (bicyclic) bond motifs is 6. The largest absolute Gasteiger partial charge is 0.393 e. The van der Waals surface area contributed by atoms with Crippen LogP contribution in [0.3, 0.4) is 0 Å². The molecule has 0 aromatic carbocycles. The van der Waals surface area contributed by atoms with Crippen molar-refractivity contribution in [3.63, 3.8) is 0 Å². The number of carbonyl (C=O) groups excluding carboxylic acids is 1. The third kappa shape index (κ3) is 1.72. The van der Waals surface area contributed by atoms with Gasteiger partial charge in [0.2, 0.25) is 0 Å². The molecular formula is C21H30O2. The summed E-state index contributed by atoms with van der Waals surface area (Å²) >= 11 is 0. The Morgan fingerprint density at radius 3 is 2.57 bits per heavy atom. The van der Waals surface area contributed by atoms with Gasteiger partial charge in [0.1, 0.15) is 0 Å². The van der Waals surface area contributed by atoms with Gasteiger partial charge in [-0.25, -0.2) is 0 Å². The summed E-state index contributed by atoms with van der Waals surface area (Å²) in [7, 11) is 0. The number of aliphatic hydroxyl groups is 1. The van der Waals surface area contributed by atoms with Gasteiger partial charge in [-0.05, 0) is 91.4 Å². The van der Waals surface area contributed by atoms with Crippen LogP contribution in [0.15, 0.2) is 11.6 Å². The molecule has 5 rings (SSSR count). The molecule has 0 bridgehead atoms. The molecule has 1 spiro atoms. The molecule has 4 saturated carbocycles. The Morgan fingerprint density at radius 2 is 1.83 bits per heavy atom. The van der Waals surface area contributed by atoms with E-state index >= 15 is 0 Å². The van der Waals surface area contributed by atoms with Crippen LogP contribution < -0.4 is 0 Å². The second kappa shape index (κ2) is 4.31. The Morgan fingerprint density at radius 1 is 1.04 bits per heavy atom. The van der Waals surface area contributed by atoms with Crippen molar-refractivity contribution < 1.29 is 9.90 Å². The molecule has 2 heteroatoms. The van der Waals surface area contributed by atoms with Crippen molar-refractivity contribution in [3.8, 4) is 0 Å². The van der Waals surface area contributed by atoms with Gasteiger partial charge in [-0.1, -0.05) is 19.4 Å². The first-order chi connectivity index (χ1) is 10.9. The maximum atomic E-state index is 12.1. The van der Waals surface area contributed by atoms with Gasteiger partial charge in [-0.3, -0.25) is 4.79 Å². The molecule has 0 saturated heterocycles. The summed E-state index contributed by atoms with van der Waals surface area (Å²) in [4.78, 5) is 12.1. The quantitative estimate of drug-likeness (QED) is 0.725. The van der Waals surface area contributed by atoms with Gasteiger partial charge < -0.3 is 5.11 Å². The summed E-state index contributed by atoms with van der Waals surface area (Å²) in [6, 6.07) is 0. The van der Waals surface area contributed by atoms with Gasteiger partial charge in [-0.2, -0.15) is 0 Å². The highest BCUT2D eigenvalue weighted by Crippen LogP contribution is 2.74. The van der Waals surface area contributed by atoms with Gasteiger partial charge >= 0.3 is 0 Å². The predicted octanol–water partition coefficient (Wildman–Crippen LogP) is 4.27. The summed E-state index contributed by atoms with van der Waals surface area (Å²) in [5.41, 5.74) is 2.35. The average molecular weight is 314 g/mol. The molecule has 23 heavy (non-hydrogen) atoms. The molecule has 2 nitrogen and oxygen atoms in total. The van der Waals surface area contributed by atoms with Crippen LogP contribution >= 0.6 is 0 Å². The molecule has 4 fully saturated rings. The fourth-order valence-electron chi connectivity index (χ4n) is 7.58. The SMILES string of the molecule is C[C@]12CCC(=O)C=C1C1(CC1)C[C@@H]1[C@@H]2CC[C@]2(C)C(O)CC[C@@H]12. The lowest BCUT2D eigenvalue weighted by Crippen LogP contribution is -2.53. The Labute approximate surface area is 139 Å². The van der Waals surface area contributed by atoms with E-state index in [4.69, 9.17) is 0 Å². The van der Waals surface area contributed by atoms with Crippen molar-refractivity contribution in [2.75, 3.05) is 0 Å². The van der Waals surface area contributed by atoms with Crippen molar-refractivity contribution in [3.05, 3.63) is 11.6 Å². The fourth-order valence-corrected chi connectivity index (χ4v) is 7.58. The van der Waals surface area contributed by atoms with Crippen LogP contribution in [0.4, 0.5) is 0 Å². The molecule has 0 aliphatic heterocycles. The lowest BCUT2D eigenvalue weighted by Gasteiger charge is -2.60. The first-order valence-electron chi connectivity index (χ1n) is 9.83. The van der Waals surface area contributed by atoms with Gasteiger partial charge in [0.25, 0.3) is 0 Å². The number of hydrogen-bond donors (Lipinski definition) is 1. The van der Waals surface area contributed by atoms with Gasteiger partial charge in [-0.15, -0.1) is 0 Å². The summed E-state index contributed by atoms with van der Waals surface area (Å²) in [5.74, 6) is 2.61. The van der Waals surface area contributed by atoms with E-state index in [1.54, 1.807) is 5.57 Å². The normalized spacial score (nSPS) is 53.3. The van der Waals surface area contributed by atoms with Crippen LogP contribution in [0, 0.1) is 34.0 Å². The number of allylic oxidation sites excluding steroid dienone is 1. The Kier molecular flexibility index (Phi) is 2.75. The zero-order valence-corrected chi connectivity index (χ0v) is 14.6. The highest BCUT2D eigenvalue weighted by atomic mass is 16.3. The van der Waals surface area contributed by atoms with E-state index in [2.05, 4.69) is 19.9 Å². The van der Waals surface area contributed by atoms with E-state index in [0.717, 1.165) is 31.1 Å². The number of ketones is 1. The number of aliphatic hydroxyl groups excluding tert-OH is 1. The van der Waals surface area contributed by atoms with E-state index in [0.29, 0.717) is 17.1 Å². The van der Waals surface area contributed by atoms with E-state index < -0.39 is 0 Å². The Hall–Kier alpha value is -0.630.